The maximum atomic E-state index is 15.8. The molecule has 0 saturated carbocycles. The van der Waals surface area contributed by atoms with Crippen LogP contribution in [0.25, 0.3) is 83.6 Å². The second kappa shape index (κ2) is 16.3. The maximum Gasteiger partial charge on any atom is 0.148 e. The van der Waals surface area contributed by atoms with Crippen molar-refractivity contribution in [2.75, 3.05) is 0 Å². The fraction of sp³-hybridized carbons (Fsp3) is 0.0600. The van der Waals surface area contributed by atoms with Crippen molar-refractivity contribution in [3.63, 3.8) is 0 Å². The van der Waals surface area contributed by atoms with Gasteiger partial charge in [-0.3, -0.25) is 9.97 Å². The number of rotatable bonds is 6. The van der Waals surface area contributed by atoms with Gasteiger partial charge in [0.15, 0.2) is 0 Å². The Bertz CT molecular complexity index is 3000. The summed E-state index contributed by atoms with van der Waals surface area (Å²) in [4.78, 5) is 13.8. The van der Waals surface area contributed by atoms with Gasteiger partial charge in [0.05, 0.1) is 30.5 Å². The molecular weight excluding hydrogens is 912 g/mol. The first-order valence-electron chi connectivity index (χ1n) is 18.9. The second-order valence-corrected chi connectivity index (χ2v) is 19.9. The third kappa shape index (κ3) is 7.46. The smallest absolute Gasteiger partial charge is 0.148 e. The molecule has 0 unspecified atom stereocenters. The van der Waals surface area contributed by atoms with Crippen molar-refractivity contribution in [3.05, 3.63) is 188 Å². The molecular formula is C50H37FIrN4OSi-2. The molecule has 0 spiro atoms. The van der Waals surface area contributed by atoms with Crippen LogP contribution < -0.4 is 5.19 Å². The number of hydrogen-bond donors (Lipinski definition) is 0. The second-order valence-electron chi connectivity index (χ2n) is 14.9. The number of halogens is 1. The van der Waals surface area contributed by atoms with Gasteiger partial charge in [0.1, 0.15) is 11.4 Å². The van der Waals surface area contributed by atoms with Gasteiger partial charge in [0.25, 0.3) is 0 Å². The molecule has 0 amide bonds. The summed E-state index contributed by atoms with van der Waals surface area (Å²) in [5.74, 6) is 0.191. The van der Waals surface area contributed by atoms with Gasteiger partial charge >= 0.3 is 0 Å². The molecule has 0 aliphatic carbocycles. The van der Waals surface area contributed by atoms with Crippen LogP contribution in [0.2, 0.25) is 19.6 Å². The number of hydrogen-bond acceptors (Lipinski definition) is 4. The molecule has 0 bridgehead atoms. The van der Waals surface area contributed by atoms with E-state index >= 15 is 4.39 Å². The van der Waals surface area contributed by atoms with Crippen molar-refractivity contribution >= 4 is 46.2 Å². The SMILES string of the molecule is C[Si](C)(C)c1ccc(-c2[c-]cccc2)nc1.Fc1cccc2nc(-c3[c-]ccc4c3oc3ccncc34)n(-c3cc(-c4ccccc4)ccc3-c3ccccc3)c12.[Ir]. The first-order valence-corrected chi connectivity index (χ1v) is 22.4. The van der Waals surface area contributed by atoms with Crippen LogP contribution in [0.1, 0.15) is 0 Å². The Labute approximate surface area is 351 Å². The summed E-state index contributed by atoms with van der Waals surface area (Å²) in [5, 5.41) is 3.21. The van der Waals surface area contributed by atoms with Gasteiger partial charge in [-0.1, -0.05) is 122 Å². The fourth-order valence-electron chi connectivity index (χ4n) is 7.18. The summed E-state index contributed by atoms with van der Waals surface area (Å²) in [5.41, 5.74) is 9.88. The summed E-state index contributed by atoms with van der Waals surface area (Å²) >= 11 is 0. The van der Waals surface area contributed by atoms with E-state index in [1.54, 1.807) is 18.5 Å². The first-order chi connectivity index (χ1) is 27.8. The van der Waals surface area contributed by atoms with Gasteiger partial charge in [-0.05, 0) is 51.8 Å². The Balaban J connectivity index is 0.000000233. The van der Waals surface area contributed by atoms with Gasteiger partial charge < -0.3 is 14.0 Å². The van der Waals surface area contributed by atoms with Crippen molar-refractivity contribution in [2.24, 2.45) is 0 Å². The molecule has 0 aliphatic rings. The number of benzene rings is 6. The van der Waals surface area contributed by atoms with Crippen molar-refractivity contribution in [1.82, 2.24) is 19.5 Å². The predicted octanol–water partition coefficient (Wildman–Crippen LogP) is 12.4. The van der Waals surface area contributed by atoms with Gasteiger partial charge in [-0.25, -0.2) is 4.39 Å². The number of nitrogens with zero attached hydrogens (tertiary/aromatic N) is 4. The zero-order chi connectivity index (χ0) is 38.9. The normalized spacial score (nSPS) is 11.3. The Hall–Kier alpha value is -6.31. The fourth-order valence-corrected chi connectivity index (χ4v) is 8.21. The molecule has 0 atom stereocenters. The summed E-state index contributed by atoms with van der Waals surface area (Å²) in [6.07, 6.45) is 5.52. The molecule has 5 nitrogen and oxygen atoms in total. The average molecular weight is 949 g/mol. The van der Waals surface area contributed by atoms with E-state index in [1.807, 2.05) is 95.7 Å². The largest absolute Gasteiger partial charge is 0.500 e. The van der Waals surface area contributed by atoms with E-state index in [1.165, 1.54) is 11.3 Å². The molecule has 0 saturated heterocycles. The van der Waals surface area contributed by atoms with Crippen molar-refractivity contribution < 1.29 is 28.9 Å². The number of fused-ring (bicyclic) bond motifs is 4. The Morgan fingerprint density at radius 2 is 1.45 bits per heavy atom. The summed E-state index contributed by atoms with van der Waals surface area (Å²) < 4.78 is 24.1. The van der Waals surface area contributed by atoms with Crippen molar-refractivity contribution in [2.45, 2.75) is 19.6 Å². The Morgan fingerprint density at radius 1 is 0.672 bits per heavy atom. The number of imidazole rings is 1. The minimum atomic E-state index is -1.23. The van der Waals surface area contributed by atoms with E-state index in [0.717, 1.165) is 55.6 Å². The Kier molecular flexibility index (Phi) is 10.8. The molecule has 0 fully saturated rings. The first kappa shape index (κ1) is 38.6. The van der Waals surface area contributed by atoms with Crippen LogP contribution in [0.15, 0.2) is 175 Å². The summed E-state index contributed by atoms with van der Waals surface area (Å²) in [6.45, 7) is 7.00. The van der Waals surface area contributed by atoms with Gasteiger partial charge in [0.2, 0.25) is 0 Å². The number of pyridine rings is 2. The van der Waals surface area contributed by atoms with E-state index in [2.05, 4.69) is 96.3 Å². The molecule has 4 aromatic heterocycles. The number of para-hydroxylation sites is 1. The monoisotopic (exact) mass is 949 g/mol. The van der Waals surface area contributed by atoms with Crippen molar-refractivity contribution in [3.8, 4) is 50.6 Å². The van der Waals surface area contributed by atoms with Crippen LogP contribution >= 0.6 is 0 Å². The van der Waals surface area contributed by atoms with Crippen molar-refractivity contribution in [1.29, 1.82) is 0 Å². The quantitative estimate of drug-likeness (QED) is 0.123. The van der Waals surface area contributed by atoms with Gasteiger partial charge in [0, 0.05) is 55.3 Å². The minimum absolute atomic E-state index is 0. The predicted molar refractivity (Wildman–Crippen MR) is 233 cm³/mol. The van der Waals surface area contributed by atoms with Crippen LogP contribution in [-0.4, -0.2) is 27.6 Å². The van der Waals surface area contributed by atoms with Crippen LogP contribution in [0.5, 0.6) is 0 Å². The van der Waals surface area contributed by atoms with Crippen LogP contribution in [-0.2, 0) is 20.1 Å². The molecule has 0 aliphatic heterocycles. The third-order valence-electron chi connectivity index (χ3n) is 10.1. The topological polar surface area (TPSA) is 56.7 Å². The van der Waals surface area contributed by atoms with Crippen LogP contribution in [0.4, 0.5) is 4.39 Å². The number of aromatic nitrogens is 4. The van der Waals surface area contributed by atoms with E-state index < -0.39 is 8.07 Å². The third-order valence-corrected chi connectivity index (χ3v) is 12.2. The molecule has 0 N–H and O–H groups in total. The van der Waals surface area contributed by atoms with Crippen LogP contribution in [0, 0.1) is 17.9 Å². The van der Waals surface area contributed by atoms with E-state index in [0.29, 0.717) is 28.0 Å². The number of furan rings is 1. The average Bonchev–Trinajstić information content (AvgIpc) is 3.84. The van der Waals surface area contributed by atoms with Crippen LogP contribution in [0.3, 0.4) is 0 Å². The van der Waals surface area contributed by atoms with Gasteiger partial charge in [-0.15, -0.1) is 54.1 Å². The standard InChI is InChI=1S/C36H21FN3O.C14H16NSi.Ir/c37-30-15-8-16-31-34(30)40(36(39-31)28-14-7-13-27-29-22-38-20-19-33(29)41-35(27)28)32-21-25(23-9-3-1-4-10-23)17-18-26(32)24-11-5-2-6-12-24;1-16(2,3)13-9-10-14(15-11-13)12-7-5-4-6-8-12;/h1-13,15-22H;4-7,9-11H,1-3H3;/q2*-1;. The molecule has 8 heteroatoms. The maximum absolute atomic E-state index is 15.8. The van der Waals surface area contributed by atoms with E-state index in [4.69, 9.17) is 9.40 Å². The molecule has 10 aromatic rings. The van der Waals surface area contributed by atoms with E-state index in [9.17, 15) is 0 Å². The molecule has 58 heavy (non-hydrogen) atoms. The molecule has 1 radical (unpaired) electrons. The zero-order valence-electron chi connectivity index (χ0n) is 32.1. The van der Waals surface area contributed by atoms with E-state index in [-0.39, 0.29) is 25.9 Å². The Morgan fingerprint density at radius 3 is 2.17 bits per heavy atom. The molecule has 285 valence electrons. The molecule has 10 rings (SSSR count). The summed E-state index contributed by atoms with van der Waals surface area (Å²) in [7, 11) is -1.23. The molecule has 6 aromatic carbocycles. The zero-order valence-corrected chi connectivity index (χ0v) is 35.5. The summed E-state index contributed by atoms with van der Waals surface area (Å²) in [6, 6.07) is 56.1. The van der Waals surface area contributed by atoms with Gasteiger partial charge in [-0.2, -0.15) is 0 Å². The molecule has 4 heterocycles. The minimum Gasteiger partial charge on any atom is -0.500 e.